The minimum absolute atomic E-state index is 0.0987. The molecule has 1 heterocycles. The van der Waals surface area contributed by atoms with Crippen molar-refractivity contribution in [2.45, 2.75) is 64.7 Å². The van der Waals surface area contributed by atoms with Gasteiger partial charge in [-0.15, -0.1) is 0 Å². The quantitative estimate of drug-likeness (QED) is 0.170. The van der Waals surface area contributed by atoms with Crippen LogP contribution in [0.3, 0.4) is 0 Å². The Hall–Kier alpha value is -6.70. The number of aryl methyl sites for hydroxylation is 1. The molecule has 0 amide bonds. The van der Waals surface area contributed by atoms with Crippen LogP contribution < -0.4 is 0 Å². The second kappa shape index (κ2) is 11.6. The lowest BCUT2D eigenvalue weighted by Gasteiger charge is -2.25. The van der Waals surface area contributed by atoms with Crippen molar-refractivity contribution in [2.24, 2.45) is 0 Å². The van der Waals surface area contributed by atoms with Gasteiger partial charge < -0.3 is 4.42 Å². The number of benzene rings is 9. The normalized spacial score (nSPS) is 15.9. The van der Waals surface area contributed by atoms with Gasteiger partial charge in [-0.2, -0.15) is 0 Å². The van der Waals surface area contributed by atoms with Crippen LogP contribution in [0, 0.1) is 6.92 Å². The molecule has 0 saturated carbocycles. The molecule has 3 aliphatic rings. The SMILES string of the molecule is Cc1cc2c(c3ccccc13)-c1cc3c(cc1C2(C)C)-c1cc2c(cc1C3(C)C)-c1c(cc(-c3ccc4c(c3)oc3c(-c5ccccc5)cccc34)c3ccccc13)C2(C)C. The van der Waals surface area contributed by atoms with E-state index in [2.05, 4.69) is 200 Å². The monoisotopic (exact) mass is 782 g/mol. The lowest BCUT2D eigenvalue weighted by atomic mass is 9.78. The Bertz CT molecular complexity index is 3610. The Morgan fingerprint density at radius 3 is 1.48 bits per heavy atom. The number of para-hydroxylation sites is 1. The van der Waals surface area contributed by atoms with Crippen LogP contribution in [0.5, 0.6) is 0 Å². The molecule has 1 nitrogen and oxygen atoms in total. The highest BCUT2D eigenvalue weighted by Crippen LogP contribution is 2.61. The van der Waals surface area contributed by atoms with Crippen molar-refractivity contribution >= 4 is 43.5 Å². The largest absolute Gasteiger partial charge is 0.455 e. The lowest BCUT2D eigenvalue weighted by molar-refractivity contribution is 0.649. The van der Waals surface area contributed by atoms with E-state index in [-0.39, 0.29) is 16.2 Å². The van der Waals surface area contributed by atoms with Crippen molar-refractivity contribution in [3.63, 3.8) is 0 Å². The van der Waals surface area contributed by atoms with Gasteiger partial charge in [-0.25, -0.2) is 0 Å². The third-order valence-electron chi connectivity index (χ3n) is 15.4. The molecular weight excluding hydrogens is 737 g/mol. The molecule has 0 radical (unpaired) electrons. The number of rotatable bonds is 2. The summed E-state index contributed by atoms with van der Waals surface area (Å²) < 4.78 is 6.77. The molecule has 13 rings (SSSR count). The topological polar surface area (TPSA) is 13.1 Å². The molecule has 0 unspecified atom stereocenters. The summed E-state index contributed by atoms with van der Waals surface area (Å²) in [5, 5.41) is 7.61. The summed E-state index contributed by atoms with van der Waals surface area (Å²) in [4.78, 5) is 0. The molecule has 0 bridgehead atoms. The fourth-order valence-electron chi connectivity index (χ4n) is 12.1. The molecule has 1 heteroatoms. The van der Waals surface area contributed by atoms with Gasteiger partial charge in [0.1, 0.15) is 11.2 Å². The van der Waals surface area contributed by atoms with E-state index in [0.29, 0.717) is 0 Å². The standard InChI is InChI=1S/C60H46O/c1-33-26-52-55(40-20-13-11-18-36(33)40)46-31-48-44(29-50(46)59(52,4)5)45-30-51-47(32-49(45)58(48,2)3)56-41-21-14-12-19-38(41)43(28-53(56)60(51,6)7)35-24-25-39-42-23-15-22-37(34-16-9-8-10-17-34)57(42)61-54(39)27-35/h8-32H,1-7H3. The van der Waals surface area contributed by atoms with Gasteiger partial charge in [0, 0.05) is 32.6 Å². The maximum atomic E-state index is 6.77. The maximum absolute atomic E-state index is 6.77. The number of fused-ring (bicyclic) bond motifs is 16. The Kier molecular flexibility index (Phi) is 6.65. The number of hydrogen-bond acceptors (Lipinski definition) is 1. The van der Waals surface area contributed by atoms with Crippen molar-refractivity contribution in [3.8, 4) is 55.6 Å². The van der Waals surface area contributed by atoms with Crippen LogP contribution in [0.15, 0.2) is 156 Å². The molecular formula is C60H46O. The summed E-state index contributed by atoms with van der Waals surface area (Å²) in [7, 11) is 0. The van der Waals surface area contributed by atoms with Crippen LogP contribution >= 0.6 is 0 Å². The Balaban J connectivity index is 0.983. The molecule has 0 fully saturated rings. The molecule has 1 aromatic heterocycles. The van der Waals surface area contributed by atoms with E-state index in [4.69, 9.17) is 4.42 Å². The Labute approximate surface area is 357 Å². The minimum Gasteiger partial charge on any atom is -0.455 e. The Morgan fingerprint density at radius 1 is 0.328 bits per heavy atom. The van der Waals surface area contributed by atoms with E-state index in [1.54, 1.807) is 0 Å². The molecule has 292 valence electrons. The van der Waals surface area contributed by atoms with Gasteiger partial charge >= 0.3 is 0 Å². The molecule has 0 spiro atoms. The third kappa shape index (κ3) is 4.41. The summed E-state index contributed by atoms with van der Waals surface area (Å²) in [6.07, 6.45) is 0. The summed E-state index contributed by atoms with van der Waals surface area (Å²) >= 11 is 0. The van der Waals surface area contributed by atoms with E-state index in [0.717, 1.165) is 27.5 Å². The van der Waals surface area contributed by atoms with Gasteiger partial charge in [0.2, 0.25) is 0 Å². The molecule has 0 atom stereocenters. The predicted octanol–water partition coefficient (Wildman–Crippen LogP) is 16.5. The Morgan fingerprint density at radius 2 is 0.820 bits per heavy atom. The van der Waals surface area contributed by atoms with E-state index in [1.807, 2.05) is 0 Å². The predicted molar refractivity (Wildman–Crippen MR) is 257 cm³/mol. The first-order valence-corrected chi connectivity index (χ1v) is 21.9. The summed E-state index contributed by atoms with van der Waals surface area (Å²) in [6, 6.07) is 57.2. The van der Waals surface area contributed by atoms with E-state index in [9.17, 15) is 0 Å². The van der Waals surface area contributed by atoms with Gasteiger partial charge in [0.25, 0.3) is 0 Å². The van der Waals surface area contributed by atoms with Crippen LogP contribution in [-0.2, 0) is 16.2 Å². The highest BCUT2D eigenvalue weighted by atomic mass is 16.3. The van der Waals surface area contributed by atoms with Crippen LogP contribution in [0.2, 0.25) is 0 Å². The third-order valence-corrected chi connectivity index (χ3v) is 15.4. The zero-order valence-corrected chi connectivity index (χ0v) is 35.8. The van der Waals surface area contributed by atoms with Crippen molar-refractivity contribution in [3.05, 3.63) is 191 Å². The van der Waals surface area contributed by atoms with Crippen LogP contribution in [0.4, 0.5) is 0 Å². The van der Waals surface area contributed by atoms with E-state index < -0.39 is 0 Å². The first-order valence-electron chi connectivity index (χ1n) is 21.9. The van der Waals surface area contributed by atoms with Gasteiger partial charge in [0.05, 0.1) is 0 Å². The highest BCUT2D eigenvalue weighted by Gasteiger charge is 2.45. The zero-order chi connectivity index (χ0) is 41.3. The van der Waals surface area contributed by atoms with Gasteiger partial charge in [-0.1, -0.05) is 151 Å². The maximum Gasteiger partial charge on any atom is 0.143 e. The van der Waals surface area contributed by atoms with Gasteiger partial charge in [-0.3, -0.25) is 0 Å². The molecule has 61 heavy (non-hydrogen) atoms. The van der Waals surface area contributed by atoms with Crippen LogP contribution in [-0.4, -0.2) is 0 Å². The fraction of sp³-hybridized carbons (Fsp3) is 0.167. The van der Waals surface area contributed by atoms with Crippen LogP contribution in [0.25, 0.3) is 99.1 Å². The van der Waals surface area contributed by atoms with Crippen molar-refractivity contribution in [1.29, 1.82) is 0 Å². The molecule has 0 N–H and O–H groups in total. The lowest BCUT2D eigenvalue weighted by Crippen LogP contribution is -2.17. The van der Waals surface area contributed by atoms with Crippen molar-refractivity contribution in [1.82, 2.24) is 0 Å². The molecule has 10 aromatic rings. The smallest absolute Gasteiger partial charge is 0.143 e. The summed E-state index contributed by atoms with van der Waals surface area (Å²) in [5.41, 5.74) is 24.4. The molecule has 0 saturated heterocycles. The van der Waals surface area contributed by atoms with Gasteiger partial charge in [0.15, 0.2) is 0 Å². The molecule has 0 aliphatic heterocycles. The summed E-state index contributed by atoms with van der Waals surface area (Å²) in [6.45, 7) is 16.9. The van der Waals surface area contributed by atoms with Crippen LogP contribution in [0.1, 0.15) is 80.5 Å². The first-order chi connectivity index (χ1) is 29.4. The summed E-state index contributed by atoms with van der Waals surface area (Å²) in [5.74, 6) is 0. The highest BCUT2D eigenvalue weighted by molar-refractivity contribution is 6.13. The second-order valence-electron chi connectivity index (χ2n) is 19.7. The first kappa shape index (κ1) is 35.1. The number of furan rings is 1. The molecule has 9 aromatic carbocycles. The minimum atomic E-state index is -0.206. The average Bonchev–Trinajstić information content (AvgIpc) is 3.90. The van der Waals surface area contributed by atoms with Crippen molar-refractivity contribution in [2.75, 3.05) is 0 Å². The van der Waals surface area contributed by atoms with Gasteiger partial charge in [-0.05, 0) is 160 Å². The number of hydrogen-bond donors (Lipinski definition) is 0. The van der Waals surface area contributed by atoms with E-state index >= 15 is 0 Å². The fourth-order valence-corrected chi connectivity index (χ4v) is 12.1. The molecule has 3 aliphatic carbocycles. The second-order valence-corrected chi connectivity index (χ2v) is 19.7. The van der Waals surface area contributed by atoms with Crippen molar-refractivity contribution < 1.29 is 4.42 Å². The average molecular weight is 783 g/mol. The van der Waals surface area contributed by atoms with E-state index in [1.165, 1.54) is 111 Å². The zero-order valence-electron chi connectivity index (χ0n) is 35.8.